The first-order valence-corrected chi connectivity index (χ1v) is 25.0. The van der Waals surface area contributed by atoms with E-state index in [0.29, 0.717) is 33.7 Å². The van der Waals surface area contributed by atoms with Crippen LogP contribution in [0.15, 0.2) is 47.3 Å². The van der Waals surface area contributed by atoms with Crippen LogP contribution in [0.5, 0.6) is 6.01 Å². The number of aromatic nitrogens is 4. The molecule has 5 atom stereocenters. The number of anilines is 3. The van der Waals surface area contributed by atoms with Gasteiger partial charge in [-0.25, -0.2) is 23.4 Å². The van der Waals surface area contributed by atoms with Crippen molar-refractivity contribution in [3.63, 3.8) is 0 Å². The van der Waals surface area contributed by atoms with E-state index < -0.39 is 82.0 Å². The van der Waals surface area contributed by atoms with Crippen molar-refractivity contribution in [1.82, 2.24) is 29.3 Å². The summed E-state index contributed by atoms with van der Waals surface area (Å²) < 4.78 is 99.1. The number of nitrogen functional groups attached to an aromatic ring is 1. The number of halogens is 5. The summed E-state index contributed by atoms with van der Waals surface area (Å²) >= 11 is 0. The van der Waals surface area contributed by atoms with Crippen LogP contribution in [0.25, 0.3) is 22.3 Å². The number of fused-ring (bicyclic) bond motifs is 6. The minimum absolute atomic E-state index is 0.00822. The van der Waals surface area contributed by atoms with Gasteiger partial charge in [-0.2, -0.15) is 28.4 Å². The number of ether oxygens (including phenoxy) is 4. The number of likely N-dealkylation sites (N-methyl/N-ethyl adjacent to an activating group) is 1. The number of benzene rings is 2. The Kier molecular flexibility index (Phi) is 13.7. The fourth-order valence-corrected chi connectivity index (χ4v) is 11.1. The highest BCUT2D eigenvalue weighted by Gasteiger charge is 2.46. The average Bonchev–Trinajstić information content (AvgIpc) is 4.12. The summed E-state index contributed by atoms with van der Waals surface area (Å²) in [5, 5.41) is 24.0. The molecule has 5 aromatic rings. The normalized spacial score (nSPS) is 21.4. The number of alkyl halides is 3. The van der Waals surface area contributed by atoms with Gasteiger partial charge in [-0.05, 0) is 76.5 Å². The second-order valence-electron chi connectivity index (χ2n) is 20.0. The third-order valence-electron chi connectivity index (χ3n) is 15.3. The molecule has 0 saturated carbocycles. The Labute approximate surface area is 437 Å². The number of carbonyl (C=O) groups excluding carboxylic acids is 3. The minimum atomic E-state index is -4.93. The van der Waals surface area contributed by atoms with Gasteiger partial charge in [-0.3, -0.25) is 14.9 Å². The van der Waals surface area contributed by atoms with Crippen LogP contribution < -0.4 is 26.2 Å². The molecule has 0 aliphatic carbocycles. The molecule has 2 saturated heterocycles. The van der Waals surface area contributed by atoms with Gasteiger partial charge in [0, 0.05) is 65.8 Å². The molecule has 0 bridgehead atoms. The molecular weight excluding hydrogens is 1020 g/mol. The van der Waals surface area contributed by atoms with Gasteiger partial charge < -0.3 is 49.1 Å². The Morgan fingerprint density at radius 2 is 1.86 bits per heavy atom. The number of aliphatic hydroxyl groups is 1. The first kappa shape index (κ1) is 52.7. The minimum Gasteiger partial charge on any atom is -0.462 e. The van der Waals surface area contributed by atoms with Gasteiger partial charge in [0.05, 0.1) is 88.5 Å². The van der Waals surface area contributed by atoms with E-state index in [1.54, 1.807) is 17.9 Å². The van der Waals surface area contributed by atoms with Crippen molar-refractivity contribution >= 4 is 46.1 Å². The van der Waals surface area contributed by atoms with Crippen LogP contribution in [0.4, 0.5) is 43.9 Å². The molecule has 19 nitrogen and oxygen atoms in total. The highest BCUT2D eigenvalue weighted by atomic mass is 19.4. The molecule has 404 valence electrons. The smallest absolute Gasteiger partial charge is 0.417 e. The molecule has 2 aromatic carbocycles. The molecule has 0 radical (unpaired) electrons. The zero-order chi connectivity index (χ0) is 55.0. The predicted molar refractivity (Wildman–Crippen MR) is 266 cm³/mol. The number of esters is 1. The summed E-state index contributed by atoms with van der Waals surface area (Å²) in [6.45, 7) is 8.79. The molecule has 24 heteroatoms. The number of hydrogen-bond acceptors (Lipinski definition) is 16. The van der Waals surface area contributed by atoms with Crippen molar-refractivity contribution < 1.29 is 60.4 Å². The molecule has 10 rings (SSSR count). The van der Waals surface area contributed by atoms with Gasteiger partial charge in [0.2, 0.25) is 0 Å². The van der Waals surface area contributed by atoms with Crippen LogP contribution in [0, 0.1) is 29.9 Å². The number of amides is 2. The van der Waals surface area contributed by atoms with Crippen LogP contribution in [0.1, 0.15) is 90.3 Å². The van der Waals surface area contributed by atoms with Crippen LogP contribution >= 0.6 is 0 Å². The molecule has 8 heterocycles. The first-order chi connectivity index (χ1) is 36.6. The topological polar surface area (TPSA) is 241 Å². The number of cyclic esters (lactones) is 1. The van der Waals surface area contributed by atoms with Crippen molar-refractivity contribution in [2.24, 2.45) is 0 Å². The van der Waals surface area contributed by atoms with Gasteiger partial charge in [0.25, 0.3) is 11.5 Å². The number of hydrogen-bond donors (Lipinski definition) is 3. The Morgan fingerprint density at radius 3 is 2.57 bits per heavy atom. The van der Waals surface area contributed by atoms with E-state index in [4.69, 9.17) is 29.7 Å². The molecular formula is C53H53F5N10O9. The first-order valence-electron chi connectivity index (χ1n) is 25.0. The second-order valence-corrected chi connectivity index (χ2v) is 20.0. The molecule has 5 aliphatic rings. The summed E-state index contributed by atoms with van der Waals surface area (Å²) in [6, 6.07) is 7.89. The highest BCUT2D eigenvalue weighted by molar-refractivity contribution is 5.96. The summed E-state index contributed by atoms with van der Waals surface area (Å²) in [4.78, 5) is 73.1. The van der Waals surface area contributed by atoms with Crippen molar-refractivity contribution in [2.45, 2.75) is 109 Å². The maximum absolute atomic E-state index is 15.7. The fraction of sp³-hybridized carbons (Fsp3) is 0.434. The van der Waals surface area contributed by atoms with E-state index in [1.165, 1.54) is 35.4 Å². The number of nitrogens with two attached hydrogens (primary N) is 1. The lowest BCUT2D eigenvalue weighted by Gasteiger charge is -2.42. The monoisotopic (exact) mass is 1070 g/mol. The number of nitrogens with one attached hydrogen (secondary N) is 1. The zero-order valence-electron chi connectivity index (χ0n) is 42.4. The molecule has 2 fully saturated rings. The van der Waals surface area contributed by atoms with Gasteiger partial charge in [-0.1, -0.05) is 13.5 Å². The number of carbonyl (C=O) groups is 3. The Balaban J connectivity index is 0.840. The zero-order valence-corrected chi connectivity index (χ0v) is 42.4. The summed E-state index contributed by atoms with van der Waals surface area (Å²) in [5.74, 6) is -3.34. The van der Waals surface area contributed by atoms with Gasteiger partial charge >= 0.3 is 24.2 Å². The van der Waals surface area contributed by atoms with Crippen LogP contribution in [-0.2, 0) is 61.8 Å². The van der Waals surface area contributed by atoms with Crippen LogP contribution in [0.2, 0.25) is 0 Å². The lowest BCUT2D eigenvalue weighted by Crippen LogP contribution is -2.56. The third kappa shape index (κ3) is 9.43. The van der Waals surface area contributed by atoms with E-state index in [0.717, 1.165) is 31.5 Å². The lowest BCUT2D eigenvalue weighted by molar-refractivity contribution is -0.172. The van der Waals surface area contributed by atoms with E-state index in [2.05, 4.69) is 32.8 Å². The number of aryl methyl sites for hydroxylation is 1. The third-order valence-corrected chi connectivity index (χ3v) is 15.3. The number of piperazine rings is 1. The van der Waals surface area contributed by atoms with Gasteiger partial charge in [0.1, 0.15) is 31.0 Å². The van der Waals surface area contributed by atoms with E-state index >= 15 is 8.78 Å². The van der Waals surface area contributed by atoms with Crippen molar-refractivity contribution in [2.75, 3.05) is 55.8 Å². The second kappa shape index (κ2) is 20.0. The van der Waals surface area contributed by atoms with Crippen molar-refractivity contribution in [1.29, 1.82) is 5.26 Å². The number of nitriles is 1. The quantitative estimate of drug-likeness (QED) is 0.0545. The molecule has 3 aromatic heterocycles. The fourth-order valence-electron chi connectivity index (χ4n) is 11.1. The molecule has 0 unspecified atom stereocenters. The number of likely N-dealkylation sites (tertiary alicyclic amines) is 1. The summed E-state index contributed by atoms with van der Waals surface area (Å²) in [5.41, 5.74) is 2.63. The maximum atomic E-state index is 15.7. The number of nitrogens with zero attached hydrogens (tertiary/aromatic N) is 8. The molecule has 77 heavy (non-hydrogen) atoms. The average molecular weight is 1070 g/mol. The van der Waals surface area contributed by atoms with Crippen LogP contribution in [-0.4, -0.2) is 110 Å². The molecule has 0 spiro atoms. The molecule has 5 aliphatic heterocycles. The van der Waals surface area contributed by atoms with Gasteiger partial charge in [-0.15, -0.1) is 0 Å². The largest absolute Gasteiger partial charge is 0.462 e. The highest BCUT2D eigenvalue weighted by Crippen LogP contribution is 2.45. The summed E-state index contributed by atoms with van der Waals surface area (Å²) in [6.07, 6.45) is -7.43. The van der Waals surface area contributed by atoms with Crippen molar-refractivity contribution in [3.8, 4) is 23.5 Å². The predicted octanol–water partition coefficient (Wildman–Crippen LogP) is 6.47. The number of rotatable bonds is 11. The van der Waals surface area contributed by atoms with E-state index in [-0.39, 0.29) is 116 Å². The van der Waals surface area contributed by atoms with Crippen LogP contribution in [0.3, 0.4) is 0 Å². The van der Waals surface area contributed by atoms with Crippen molar-refractivity contribution in [3.05, 3.63) is 109 Å². The van der Waals surface area contributed by atoms with E-state index in [1.807, 2.05) is 7.05 Å². The Bertz CT molecular complexity index is 3420. The Hall–Kier alpha value is -7.75. The van der Waals surface area contributed by atoms with Gasteiger partial charge in [0.15, 0.2) is 11.4 Å². The SMILES string of the molecule is C=C(C(=O)N1CCN(c2nc(OC[C@@H]3CCCN3C)nc3c2CO[C@@H](c2c(F)c(N)cc(C)c2C(F)(F)F)C3)C[C@@H]1CC#N)[C@H](C)OC(=O)Nc1cc2cc3c(nc2cc1F)-c1cc2c(c(=O)n1C3)COC(=O)[C@]2(O)CC. The van der Waals surface area contributed by atoms with E-state index in [9.17, 15) is 42.7 Å². The molecule has 2 amide bonds. The standard InChI is InChI=1S/C53H53F5N10O9/c1-6-52(73)34-17-40-45-29(20-68(40)48(70)32(34)23-75-49(52)71)15-28-16-39(35(54)18-37(28)61-45)63-51(72)77-27(4)26(3)47(69)67-13-12-66(21-30(67)9-10-59)46-33-24-74-41(42-43(53(56,57)58)25(2)14-36(60)44(42)55)19-38(33)62-50(64-46)76-22-31-8-7-11-65(31)5/h14-18,27,30-31,41,73H,3,6-9,11-13,19-24,60H2,1-2,4-5H3,(H,63,72)/t27-,30-,31-,41+,52-/m0/s1. The maximum Gasteiger partial charge on any atom is 0.417 e. The summed E-state index contributed by atoms with van der Waals surface area (Å²) in [7, 11) is 1.96. The lowest BCUT2D eigenvalue weighted by atomic mass is 9.86. The Morgan fingerprint density at radius 1 is 1.08 bits per heavy atom. The molecule has 4 N–H and O–H groups in total. The number of pyridine rings is 2.